The van der Waals surface area contributed by atoms with E-state index in [-0.39, 0.29) is 0 Å². The molecule has 5 heteroatoms. The molecule has 1 N–H and O–H groups in total. The summed E-state index contributed by atoms with van der Waals surface area (Å²) in [6.07, 6.45) is 3.55. The molecule has 5 nitrogen and oxygen atoms in total. The van der Waals surface area contributed by atoms with E-state index in [4.69, 9.17) is 0 Å². The molecule has 2 heterocycles. The number of hydrogen-bond acceptors (Lipinski definition) is 5. The molecule has 0 amide bonds. The molecule has 0 aromatic carbocycles. The molecule has 0 aliphatic rings. The van der Waals surface area contributed by atoms with E-state index >= 15 is 0 Å². The van der Waals surface area contributed by atoms with Crippen molar-refractivity contribution in [1.29, 1.82) is 0 Å². The first kappa shape index (κ1) is 13.4. The lowest BCUT2D eigenvalue weighted by Gasteiger charge is -2.15. The molecule has 2 rings (SSSR count). The Morgan fingerprint density at radius 2 is 1.63 bits per heavy atom. The Morgan fingerprint density at radius 1 is 1.00 bits per heavy atom. The normalized spacial score (nSPS) is 10.8. The Hall–Kier alpha value is -2.04. The lowest BCUT2D eigenvalue weighted by molar-refractivity contribution is 0.831. The summed E-state index contributed by atoms with van der Waals surface area (Å²) in [5, 5.41) is 3.13. The Bertz CT molecular complexity index is 575. The van der Waals surface area contributed by atoms with E-state index in [9.17, 15) is 0 Å². The minimum absolute atomic E-state index is 0.371. The van der Waals surface area contributed by atoms with E-state index in [1.165, 1.54) is 0 Å². The number of aryl methyl sites for hydroxylation is 2. The topological polar surface area (TPSA) is 63.6 Å². The van der Waals surface area contributed by atoms with E-state index in [1.54, 1.807) is 12.4 Å². The Kier molecular flexibility index (Phi) is 3.74. The van der Waals surface area contributed by atoms with Crippen molar-refractivity contribution < 1.29 is 0 Å². The minimum atomic E-state index is 0.371. The summed E-state index contributed by atoms with van der Waals surface area (Å²) in [5.74, 6) is 2.34. The second-order valence-electron chi connectivity index (χ2n) is 4.88. The smallest absolute Gasteiger partial charge is 0.199 e. The molecule has 0 fully saturated rings. The molecule has 2 aromatic rings. The van der Waals surface area contributed by atoms with Crippen molar-refractivity contribution in [1.82, 2.24) is 19.9 Å². The van der Waals surface area contributed by atoms with Gasteiger partial charge in [-0.15, -0.1) is 0 Å². The van der Waals surface area contributed by atoms with Crippen LogP contribution in [-0.2, 0) is 0 Å². The highest BCUT2D eigenvalue weighted by Gasteiger charge is 2.15. The van der Waals surface area contributed by atoms with Crippen molar-refractivity contribution in [3.05, 3.63) is 29.2 Å². The SMILES string of the molecule is CNc1nc(-c2ncc(C)cn2)nc(C)c1C(C)C. The molecule has 0 aliphatic heterocycles. The van der Waals surface area contributed by atoms with Gasteiger partial charge in [0.05, 0.1) is 0 Å². The van der Waals surface area contributed by atoms with E-state index < -0.39 is 0 Å². The summed E-state index contributed by atoms with van der Waals surface area (Å²) in [4.78, 5) is 17.6. The quantitative estimate of drug-likeness (QED) is 0.916. The monoisotopic (exact) mass is 257 g/mol. The number of anilines is 1. The number of rotatable bonds is 3. The highest BCUT2D eigenvalue weighted by Crippen LogP contribution is 2.26. The summed E-state index contributed by atoms with van der Waals surface area (Å²) in [6, 6.07) is 0. The fraction of sp³-hybridized carbons (Fsp3) is 0.429. The summed E-state index contributed by atoms with van der Waals surface area (Å²) in [6.45, 7) is 8.22. The van der Waals surface area contributed by atoms with Crippen LogP contribution in [-0.4, -0.2) is 27.0 Å². The maximum atomic E-state index is 4.53. The zero-order chi connectivity index (χ0) is 14.0. The molecule has 100 valence electrons. The van der Waals surface area contributed by atoms with E-state index in [0.29, 0.717) is 17.6 Å². The first-order valence-corrected chi connectivity index (χ1v) is 6.38. The number of nitrogens with one attached hydrogen (secondary N) is 1. The highest BCUT2D eigenvalue weighted by atomic mass is 15.1. The van der Waals surface area contributed by atoms with Gasteiger partial charge in [0.2, 0.25) is 0 Å². The lowest BCUT2D eigenvalue weighted by atomic mass is 10.0. The largest absolute Gasteiger partial charge is 0.373 e. The molecule has 0 saturated carbocycles. The number of hydrogen-bond donors (Lipinski definition) is 1. The highest BCUT2D eigenvalue weighted by molar-refractivity contribution is 5.54. The molecule has 0 atom stereocenters. The minimum Gasteiger partial charge on any atom is -0.373 e. The van der Waals surface area contributed by atoms with Gasteiger partial charge in [-0.05, 0) is 25.3 Å². The molecule has 2 aromatic heterocycles. The Labute approximate surface area is 113 Å². The van der Waals surface area contributed by atoms with Gasteiger partial charge in [0.25, 0.3) is 0 Å². The van der Waals surface area contributed by atoms with Crippen LogP contribution in [0.2, 0.25) is 0 Å². The zero-order valence-corrected chi connectivity index (χ0v) is 12.0. The summed E-state index contributed by atoms with van der Waals surface area (Å²) in [5.41, 5.74) is 3.12. The first-order valence-electron chi connectivity index (χ1n) is 6.38. The number of nitrogens with zero attached hydrogens (tertiary/aromatic N) is 4. The molecule has 0 spiro atoms. The third kappa shape index (κ3) is 2.70. The predicted octanol–water partition coefficient (Wildman–Crippen LogP) is 2.72. The van der Waals surface area contributed by atoms with E-state index in [1.807, 2.05) is 20.9 Å². The second kappa shape index (κ2) is 5.30. The third-order valence-corrected chi connectivity index (χ3v) is 2.93. The van der Waals surface area contributed by atoms with E-state index in [2.05, 4.69) is 39.1 Å². The van der Waals surface area contributed by atoms with E-state index in [0.717, 1.165) is 22.6 Å². The molecular formula is C14H19N5. The van der Waals surface area contributed by atoms with Crippen molar-refractivity contribution in [2.75, 3.05) is 12.4 Å². The molecule has 0 unspecified atom stereocenters. The van der Waals surface area contributed by atoms with Gasteiger partial charge in [-0.1, -0.05) is 13.8 Å². The van der Waals surface area contributed by atoms with Gasteiger partial charge in [-0.3, -0.25) is 0 Å². The zero-order valence-electron chi connectivity index (χ0n) is 12.0. The van der Waals surface area contributed by atoms with Crippen LogP contribution < -0.4 is 5.32 Å². The molecule has 0 bridgehead atoms. The van der Waals surface area contributed by atoms with Gasteiger partial charge in [0.15, 0.2) is 11.6 Å². The average Bonchev–Trinajstić information content (AvgIpc) is 2.38. The van der Waals surface area contributed by atoms with Crippen LogP contribution >= 0.6 is 0 Å². The van der Waals surface area contributed by atoms with Crippen molar-refractivity contribution >= 4 is 5.82 Å². The summed E-state index contributed by atoms with van der Waals surface area (Å²) >= 11 is 0. The lowest BCUT2D eigenvalue weighted by Crippen LogP contribution is -2.08. The maximum absolute atomic E-state index is 4.53. The molecule has 19 heavy (non-hydrogen) atoms. The number of aromatic nitrogens is 4. The Morgan fingerprint density at radius 3 is 2.16 bits per heavy atom. The van der Waals surface area contributed by atoms with Crippen LogP contribution in [0.4, 0.5) is 5.82 Å². The summed E-state index contributed by atoms with van der Waals surface area (Å²) < 4.78 is 0. The fourth-order valence-electron chi connectivity index (χ4n) is 2.07. The van der Waals surface area contributed by atoms with Crippen LogP contribution in [0.3, 0.4) is 0 Å². The van der Waals surface area contributed by atoms with Gasteiger partial charge in [-0.25, -0.2) is 19.9 Å². The molecule has 0 radical (unpaired) electrons. The first-order chi connectivity index (χ1) is 9.02. The van der Waals surface area contributed by atoms with Crippen molar-refractivity contribution in [2.45, 2.75) is 33.6 Å². The van der Waals surface area contributed by atoms with Crippen LogP contribution in [0.1, 0.15) is 36.6 Å². The Balaban J connectivity index is 2.54. The van der Waals surface area contributed by atoms with Crippen LogP contribution in [0.25, 0.3) is 11.6 Å². The molecule has 0 aliphatic carbocycles. The van der Waals surface area contributed by atoms with Crippen molar-refractivity contribution in [3.63, 3.8) is 0 Å². The van der Waals surface area contributed by atoms with Gasteiger partial charge in [-0.2, -0.15) is 0 Å². The average molecular weight is 257 g/mol. The van der Waals surface area contributed by atoms with Gasteiger partial charge in [0, 0.05) is 30.7 Å². The van der Waals surface area contributed by atoms with Crippen LogP contribution in [0, 0.1) is 13.8 Å². The second-order valence-corrected chi connectivity index (χ2v) is 4.88. The van der Waals surface area contributed by atoms with Crippen molar-refractivity contribution in [2.24, 2.45) is 0 Å². The van der Waals surface area contributed by atoms with Crippen molar-refractivity contribution in [3.8, 4) is 11.6 Å². The third-order valence-electron chi connectivity index (χ3n) is 2.93. The van der Waals surface area contributed by atoms with Crippen LogP contribution in [0.5, 0.6) is 0 Å². The summed E-state index contributed by atoms with van der Waals surface area (Å²) in [7, 11) is 1.87. The van der Waals surface area contributed by atoms with Gasteiger partial charge in [0.1, 0.15) is 5.82 Å². The van der Waals surface area contributed by atoms with Gasteiger partial charge >= 0.3 is 0 Å². The fourth-order valence-corrected chi connectivity index (χ4v) is 2.07. The molecular weight excluding hydrogens is 238 g/mol. The maximum Gasteiger partial charge on any atom is 0.199 e. The molecule has 0 saturated heterocycles. The standard InChI is InChI=1S/C14H19N5/c1-8(2)11-10(4)18-14(19-12(11)15-5)13-16-6-9(3)7-17-13/h6-8H,1-5H3,(H,15,18,19). The predicted molar refractivity (Wildman–Crippen MR) is 76.2 cm³/mol. The van der Waals surface area contributed by atoms with Crippen LogP contribution in [0.15, 0.2) is 12.4 Å². The van der Waals surface area contributed by atoms with Gasteiger partial charge < -0.3 is 5.32 Å².